The topological polar surface area (TPSA) is 64.7 Å². The van der Waals surface area contributed by atoms with E-state index in [1.165, 1.54) is 14.7 Å². The molecule has 0 unspecified atom stereocenters. The van der Waals surface area contributed by atoms with Gasteiger partial charge in [0.2, 0.25) is 11.8 Å². The molecule has 2 N–H and O–H groups in total. The van der Waals surface area contributed by atoms with Crippen LogP contribution in [0.5, 0.6) is 11.5 Å². The Balaban J connectivity index is 1.19. The summed E-state index contributed by atoms with van der Waals surface area (Å²) in [6.07, 6.45) is 5.51. The quantitative estimate of drug-likeness (QED) is 0.444. The Morgan fingerprint density at radius 3 is 2.03 bits per heavy atom. The average molecular weight is 402 g/mol. The smallest absolute Gasteiger partial charge is 0.237 e. The number of amides is 2. The monoisotopic (exact) mass is 401 g/mol. The number of piperazine rings is 1. The molecule has 0 aromatic heterocycles. The van der Waals surface area contributed by atoms with Gasteiger partial charge in [0, 0.05) is 0 Å². The summed E-state index contributed by atoms with van der Waals surface area (Å²) in [4.78, 5) is 29.6. The van der Waals surface area contributed by atoms with Crippen LogP contribution < -0.4 is 19.3 Å². The third-order valence-corrected chi connectivity index (χ3v) is 6.43. The number of hydrogen-bond acceptors (Lipinski definition) is 4. The Hall–Kier alpha value is -2.38. The molecule has 0 saturated carbocycles. The number of nitrogens with one attached hydrogen (secondary N) is 2. The maximum absolute atomic E-state index is 12.6. The first-order chi connectivity index (χ1) is 14.2. The summed E-state index contributed by atoms with van der Waals surface area (Å²) in [6.45, 7) is 6.18. The molecule has 2 amide bonds. The summed E-state index contributed by atoms with van der Waals surface area (Å²) < 4.78 is 11.0. The molecule has 1 aromatic carbocycles. The molecular weight excluding hydrogens is 370 g/mol. The van der Waals surface area contributed by atoms with E-state index < -0.39 is 0 Å². The van der Waals surface area contributed by atoms with Crippen LogP contribution in [0.2, 0.25) is 0 Å². The fourth-order valence-electron chi connectivity index (χ4n) is 4.60. The Kier molecular flexibility index (Phi) is 6.16. The molecule has 7 heteroatoms. The van der Waals surface area contributed by atoms with Crippen molar-refractivity contribution in [2.45, 2.75) is 12.8 Å². The van der Waals surface area contributed by atoms with Crippen LogP contribution in [0.3, 0.4) is 0 Å². The summed E-state index contributed by atoms with van der Waals surface area (Å²) in [7, 11) is 1.65. The van der Waals surface area contributed by atoms with Gasteiger partial charge in [0.1, 0.15) is 50.8 Å². The van der Waals surface area contributed by atoms with Crippen molar-refractivity contribution in [3.05, 3.63) is 36.4 Å². The van der Waals surface area contributed by atoms with Crippen molar-refractivity contribution in [1.29, 1.82) is 0 Å². The minimum Gasteiger partial charge on any atom is -0.497 e. The predicted octanol–water partition coefficient (Wildman–Crippen LogP) is -1.23. The lowest BCUT2D eigenvalue weighted by molar-refractivity contribution is -1.01. The highest BCUT2D eigenvalue weighted by Crippen LogP contribution is 2.34. The number of likely N-dealkylation sites (tertiary alicyclic amines) is 1. The molecule has 4 rings (SSSR count). The molecule has 156 valence electrons. The lowest BCUT2D eigenvalue weighted by Crippen LogP contribution is -3.28. The lowest BCUT2D eigenvalue weighted by atomic mass is 9.85. The van der Waals surface area contributed by atoms with Gasteiger partial charge < -0.3 is 19.3 Å². The number of hydrogen-bond donors (Lipinski definition) is 2. The molecule has 1 aliphatic carbocycles. The first kappa shape index (κ1) is 19.9. The van der Waals surface area contributed by atoms with Crippen LogP contribution >= 0.6 is 0 Å². The number of quaternary nitrogens is 2. The summed E-state index contributed by atoms with van der Waals surface area (Å²) in [6, 6.07) is 7.65. The van der Waals surface area contributed by atoms with Crippen molar-refractivity contribution in [1.82, 2.24) is 4.90 Å². The summed E-state index contributed by atoms with van der Waals surface area (Å²) in [5.41, 5.74) is 0. The molecule has 2 atom stereocenters. The normalized spacial score (nSPS) is 29.1. The Morgan fingerprint density at radius 1 is 0.897 bits per heavy atom. The van der Waals surface area contributed by atoms with Gasteiger partial charge in [0.05, 0.1) is 18.9 Å². The molecule has 2 fully saturated rings. The Bertz CT molecular complexity index is 730. The number of ether oxygens (including phenoxy) is 2. The second kappa shape index (κ2) is 8.97. The third kappa shape index (κ3) is 4.46. The van der Waals surface area contributed by atoms with Crippen LogP contribution in [0.4, 0.5) is 0 Å². The SMILES string of the molecule is COc1ccc(OCC[NH+]2CC[NH+](CN3C(=O)[C@H]4CC=CC[C@H]4C3=O)CC2)cc1. The van der Waals surface area contributed by atoms with Gasteiger partial charge in [0.15, 0.2) is 6.67 Å². The summed E-state index contributed by atoms with van der Waals surface area (Å²) >= 11 is 0. The Labute approximate surface area is 171 Å². The molecule has 7 nitrogen and oxygen atoms in total. The van der Waals surface area contributed by atoms with Gasteiger partial charge in [-0.25, -0.2) is 4.90 Å². The standard InChI is InChI=1S/C22H29N3O4/c1-28-17-6-8-18(9-7-17)29-15-14-23-10-12-24(13-11-23)16-25-21(26)19-4-2-3-5-20(19)22(25)27/h2-3,6-9,19-20H,4-5,10-16H2,1H3/p+2/t19-,20+. The Morgan fingerprint density at radius 2 is 1.45 bits per heavy atom. The first-order valence-electron chi connectivity index (χ1n) is 10.6. The maximum Gasteiger partial charge on any atom is 0.237 e. The second-order valence-electron chi connectivity index (χ2n) is 8.19. The summed E-state index contributed by atoms with van der Waals surface area (Å²) in [5, 5.41) is 0. The van der Waals surface area contributed by atoms with Gasteiger partial charge in [0.25, 0.3) is 0 Å². The van der Waals surface area contributed by atoms with E-state index in [2.05, 4.69) is 0 Å². The third-order valence-electron chi connectivity index (χ3n) is 6.43. The number of benzene rings is 1. The zero-order chi connectivity index (χ0) is 20.2. The molecule has 0 spiro atoms. The van der Waals surface area contributed by atoms with Gasteiger partial charge in [-0.05, 0) is 37.1 Å². The predicted molar refractivity (Wildman–Crippen MR) is 107 cm³/mol. The molecule has 2 heterocycles. The number of carbonyl (C=O) groups excluding carboxylic acids is 2. The molecule has 3 aliphatic rings. The lowest BCUT2D eigenvalue weighted by Gasteiger charge is -2.31. The van der Waals surface area contributed by atoms with E-state index in [4.69, 9.17) is 9.47 Å². The van der Waals surface area contributed by atoms with Gasteiger partial charge in [-0.15, -0.1) is 0 Å². The molecule has 0 bridgehead atoms. The van der Waals surface area contributed by atoms with Crippen molar-refractivity contribution in [2.24, 2.45) is 11.8 Å². The summed E-state index contributed by atoms with van der Waals surface area (Å²) in [5.74, 6) is 1.53. The average Bonchev–Trinajstić information content (AvgIpc) is 3.00. The van der Waals surface area contributed by atoms with Crippen LogP contribution in [0.25, 0.3) is 0 Å². The minimum atomic E-state index is -0.117. The van der Waals surface area contributed by atoms with Crippen LogP contribution in [0, 0.1) is 11.8 Å². The number of allylic oxidation sites excluding steroid dienone is 2. The molecule has 2 saturated heterocycles. The highest BCUT2D eigenvalue weighted by Gasteiger charge is 2.48. The van der Waals surface area contributed by atoms with Crippen LogP contribution in [0.15, 0.2) is 36.4 Å². The fourth-order valence-corrected chi connectivity index (χ4v) is 4.60. The second-order valence-corrected chi connectivity index (χ2v) is 8.19. The van der Waals surface area contributed by atoms with Crippen molar-refractivity contribution in [2.75, 3.05) is 53.1 Å². The number of methoxy groups -OCH3 is 1. The van der Waals surface area contributed by atoms with E-state index in [0.29, 0.717) is 26.1 Å². The molecule has 1 aromatic rings. The zero-order valence-electron chi connectivity index (χ0n) is 17.1. The number of nitrogens with zero attached hydrogens (tertiary/aromatic N) is 1. The van der Waals surface area contributed by atoms with Crippen molar-refractivity contribution < 1.29 is 28.9 Å². The van der Waals surface area contributed by atoms with E-state index in [1.54, 1.807) is 7.11 Å². The van der Waals surface area contributed by atoms with Gasteiger partial charge >= 0.3 is 0 Å². The largest absolute Gasteiger partial charge is 0.497 e. The number of rotatable bonds is 7. The first-order valence-corrected chi connectivity index (χ1v) is 10.6. The number of imide groups is 1. The molecule has 2 aliphatic heterocycles. The van der Waals surface area contributed by atoms with Crippen LogP contribution in [-0.4, -0.2) is 69.8 Å². The van der Waals surface area contributed by atoms with Crippen molar-refractivity contribution >= 4 is 11.8 Å². The van der Waals surface area contributed by atoms with Crippen molar-refractivity contribution in [3.8, 4) is 11.5 Å². The van der Waals surface area contributed by atoms with E-state index in [9.17, 15) is 9.59 Å². The molecule has 29 heavy (non-hydrogen) atoms. The molecule has 0 radical (unpaired) electrons. The highest BCUT2D eigenvalue weighted by atomic mass is 16.5. The van der Waals surface area contributed by atoms with Gasteiger partial charge in [-0.1, -0.05) is 12.2 Å². The molecular formula is C22H31N3O4+2. The fraction of sp³-hybridized carbons (Fsp3) is 0.545. The highest BCUT2D eigenvalue weighted by molar-refractivity contribution is 6.05. The number of carbonyl (C=O) groups is 2. The minimum absolute atomic E-state index is 0.0412. The number of fused-ring (bicyclic) bond motifs is 1. The zero-order valence-corrected chi connectivity index (χ0v) is 17.1. The van der Waals surface area contributed by atoms with Gasteiger partial charge in [-0.2, -0.15) is 0 Å². The van der Waals surface area contributed by atoms with Crippen molar-refractivity contribution in [3.63, 3.8) is 0 Å². The van der Waals surface area contributed by atoms with Gasteiger partial charge in [-0.3, -0.25) is 9.59 Å². The van der Waals surface area contributed by atoms with E-state index in [0.717, 1.165) is 44.2 Å². The van der Waals surface area contributed by atoms with E-state index in [-0.39, 0.29) is 23.7 Å². The van der Waals surface area contributed by atoms with Crippen LogP contribution in [0.1, 0.15) is 12.8 Å². The van der Waals surface area contributed by atoms with E-state index in [1.807, 2.05) is 36.4 Å². The maximum atomic E-state index is 12.6. The van der Waals surface area contributed by atoms with E-state index >= 15 is 0 Å². The van der Waals surface area contributed by atoms with Crippen LogP contribution in [-0.2, 0) is 9.59 Å².